The van der Waals surface area contributed by atoms with Gasteiger partial charge in [0.25, 0.3) is 0 Å². The maximum atomic E-state index is 5.26. The first-order chi connectivity index (χ1) is 7.31. The van der Waals surface area contributed by atoms with E-state index in [1.807, 2.05) is 6.92 Å². The zero-order valence-corrected chi connectivity index (χ0v) is 9.49. The summed E-state index contributed by atoms with van der Waals surface area (Å²) >= 11 is 0. The summed E-state index contributed by atoms with van der Waals surface area (Å²) in [6, 6.07) is 0.532. The Morgan fingerprint density at radius 1 is 1.47 bits per heavy atom. The van der Waals surface area contributed by atoms with E-state index in [4.69, 9.17) is 4.52 Å². The molecule has 4 heteroatoms. The highest BCUT2D eigenvalue weighted by atomic mass is 16.5. The quantitative estimate of drug-likeness (QED) is 0.824. The Kier molecular flexibility index (Phi) is 3.36. The van der Waals surface area contributed by atoms with Crippen LogP contribution >= 0.6 is 0 Å². The maximum absolute atomic E-state index is 5.26. The third-order valence-electron chi connectivity index (χ3n) is 3.03. The first-order valence-electron chi connectivity index (χ1n) is 5.85. The van der Waals surface area contributed by atoms with Crippen LogP contribution in [0.2, 0.25) is 0 Å². The Labute approximate surface area is 90.4 Å². The van der Waals surface area contributed by atoms with E-state index in [9.17, 15) is 0 Å². The van der Waals surface area contributed by atoms with Crippen LogP contribution in [0.1, 0.15) is 50.2 Å². The van der Waals surface area contributed by atoms with E-state index in [-0.39, 0.29) is 0 Å². The Balaban J connectivity index is 2.01. The molecule has 2 unspecified atom stereocenters. The predicted molar refractivity (Wildman–Crippen MR) is 57.7 cm³/mol. The molecule has 15 heavy (non-hydrogen) atoms. The molecule has 4 nitrogen and oxygen atoms in total. The summed E-state index contributed by atoms with van der Waals surface area (Å²) in [4.78, 5) is 4.33. The summed E-state index contributed by atoms with van der Waals surface area (Å²) in [7, 11) is 0. The van der Waals surface area contributed by atoms with Crippen LogP contribution in [-0.2, 0) is 0 Å². The van der Waals surface area contributed by atoms with Crippen molar-refractivity contribution in [1.82, 2.24) is 15.5 Å². The lowest BCUT2D eigenvalue weighted by molar-refractivity contribution is 0.328. The summed E-state index contributed by atoms with van der Waals surface area (Å²) in [5.74, 6) is 1.99. The average molecular weight is 209 g/mol. The SMILES string of the molecule is CCCNC1CCCC1c1nc(C)no1. The van der Waals surface area contributed by atoms with E-state index in [0.29, 0.717) is 12.0 Å². The van der Waals surface area contributed by atoms with E-state index >= 15 is 0 Å². The van der Waals surface area contributed by atoms with Crippen LogP contribution in [0.5, 0.6) is 0 Å². The summed E-state index contributed by atoms with van der Waals surface area (Å²) in [5, 5.41) is 7.42. The van der Waals surface area contributed by atoms with Crippen molar-refractivity contribution < 1.29 is 4.52 Å². The molecule has 0 amide bonds. The third kappa shape index (κ3) is 2.37. The van der Waals surface area contributed by atoms with Gasteiger partial charge in [0.05, 0.1) is 5.92 Å². The fourth-order valence-electron chi connectivity index (χ4n) is 2.29. The van der Waals surface area contributed by atoms with Crippen molar-refractivity contribution in [3.63, 3.8) is 0 Å². The molecule has 1 aromatic rings. The molecule has 0 saturated heterocycles. The van der Waals surface area contributed by atoms with Gasteiger partial charge in [-0.25, -0.2) is 0 Å². The molecule has 1 heterocycles. The first-order valence-corrected chi connectivity index (χ1v) is 5.85. The second-order valence-corrected chi connectivity index (χ2v) is 4.28. The number of rotatable bonds is 4. The van der Waals surface area contributed by atoms with E-state index < -0.39 is 0 Å². The highest BCUT2D eigenvalue weighted by Gasteiger charge is 2.31. The Morgan fingerprint density at radius 2 is 2.33 bits per heavy atom. The molecule has 1 N–H and O–H groups in total. The lowest BCUT2D eigenvalue weighted by atomic mass is 10.0. The molecule has 1 fully saturated rings. The number of aromatic nitrogens is 2. The van der Waals surface area contributed by atoms with Gasteiger partial charge in [-0.05, 0) is 32.7 Å². The van der Waals surface area contributed by atoms with Crippen molar-refractivity contribution in [1.29, 1.82) is 0 Å². The summed E-state index contributed by atoms with van der Waals surface area (Å²) < 4.78 is 5.26. The van der Waals surface area contributed by atoms with Gasteiger partial charge < -0.3 is 9.84 Å². The first kappa shape index (κ1) is 10.6. The molecule has 0 aliphatic heterocycles. The van der Waals surface area contributed by atoms with E-state index in [2.05, 4.69) is 22.4 Å². The lowest BCUT2D eigenvalue weighted by Gasteiger charge is -2.17. The molecular formula is C11H19N3O. The molecule has 1 saturated carbocycles. The van der Waals surface area contributed by atoms with Gasteiger partial charge >= 0.3 is 0 Å². The molecule has 0 radical (unpaired) electrons. The topological polar surface area (TPSA) is 51.0 Å². The zero-order chi connectivity index (χ0) is 10.7. The van der Waals surface area contributed by atoms with Crippen molar-refractivity contribution in [3.05, 3.63) is 11.7 Å². The van der Waals surface area contributed by atoms with Crippen LogP contribution in [0, 0.1) is 6.92 Å². The van der Waals surface area contributed by atoms with Crippen LogP contribution in [0.15, 0.2) is 4.52 Å². The number of aryl methyl sites for hydroxylation is 1. The average Bonchev–Trinajstić information content (AvgIpc) is 2.82. The standard InChI is InChI=1S/C11H19N3O/c1-3-7-12-10-6-4-5-9(10)11-13-8(2)14-15-11/h9-10,12H,3-7H2,1-2H3. The van der Waals surface area contributed by atoms with Gasteiger partial charge in [-0.2, -0.15) is 4.98 Å². The highest BCUT2D eigenvalue weighted by Crippen LogP contribution is 2.33. The molecule has 1 aliphatic carbocycles. The van der Waals surface area contributed by atoms with Crippen molar-refractivity contribution in [3.8, 4) is 0 Å². The van der Waals surface area contributed by atoms with Crippen LogP contribution in [0.25, 0.3) is 0 Å². The molecule has 0 spiro atoms. The van der Waals surface area contributed by atoms with Crippen LogP contribution in [0.4, 0.5) is 0 Å². The van der Waals surface area contributed by atoms with Gasteiger partial charge in [-0.1, -0.05) is 18.5 Å². The third-order valence-corrected chi connectivity index (χ3v) is 3.03. The van der Waals surface area contributed by atoms with Crippen LogP contribution in [-0.4, -0.2) is 22.7 Å². The van der Waals surface area contributed by atoms with E-state index in [1.54, 1.807) is 0 Å². The zero-order valence-electron chi connectivity index (χ0n) is 9.49. The summed E-state index contributed by atoms with van der Waals surface area (Å²) in [6.45, 7) is 5.14. The number of hydrogen-bond donors (Lipinski definition) is 1. The minimum Gasteiger partial charge on any atom is -0.339 e. The maximum Gasteiger partial charge on any atom is 0.231 e. The van der Waals surface area contributed by atoms with Crippen molar-refractivity contribution in [2.45, 2.75) is 51.5 Å². The Morgan fingerprint density at radius 3 is 3.00 bits per heavy atom. The van der Waals surface area contributed by atoms with Crippen molar-refractivity contribution >= 4 is 0 Å². The minimum atomic E-state index is 0.428. The molecule has 2 rings (SSSR count). The predicted octanol–water partition coefficient (Wildman–Crippen LogP) is 2.01. The van der Waals surface area contributed by atoms with Crippen molar-refractivity contribution in [2.75, 3.05) is 6.54 Å². The largest absolute Gasteiger partial charge is 0.339 e. The molecular weight excluding hydrogens is 190 g/mol. The minimum absolute atomic E-state index is 0.428. The summed E-state index contributed by atoms with van der Waals surface area (Å²) in [6.07, 6.45) is 4.83. The monoisotopic (exact) mass is 209 g/mol. The number of hydrogen-bond acceptors (Lipinski definition) is 4. The Hall–Kier alpha value is -0.900. The molecule has 0 bridgehead atoms. The fraction of sp³-hybridized carbons (Fsp3) is 0.818. The summed E-state index contributed by atoms with van der Waals surface area (Å²) in [5.41, 5.74) is 0. The van der Waals surface area contributed by atoms with E-state index in [0.717, 1.165) is 18.3 Å². The molecule has 1 aliphatic rings. The van der Waals surface area contributed by atoms with Crippen LogP contribution < -0.4 is 5.32 Å². The second-order valence-electron chi connectivity index (χ2n) is 4.28. The fourth-order valence-corrected chi connectivity index (χ4v) is 2.29. The van der Waals surface area contributed by atoms with Gasteiger partial charge in [0.15, 0.2) is 5.82 Å². The van der Waals surface area contributed by atoms with Gasteiger partial charge in [0.2, 0.25) is 5.89 Å². The van der Waals surface area contributed by atoms with Gasteiger partial charge in [-0.15, -0.1) is 0 Å². The molecule has 2 atom stereocenters. The van der Waals surface area contributed by atoms with Crippen LogP contribution in [0.3, 0.4) is 0 Å². The smallest absolute Gasteiger partial charge is 0.231 e. The van der Waals surface area contributed by atoms with Gasteiger partial charge in [0.1, 0.15) is 0 Å². The highest BCUT2D eigenvalue weighted by molar-refractivity contribution is 5.02. The number of nitrogens with one attached hydrogen (secondary N) is 1. The van der Waals surface area contributed by atoms with Crippen molar-refractivity contribution in [2.24, 2.45) is 0 Å². The van der Waals surface area contributed by atoms with E-state index in [1.165, 1.54) is 25.7 Å². The normalized spacial score (nSPS) is 26.0. The van der Waals surface area contributed by atoms with Gasteiger partial charge in [-0.3, -0.25) is 0 Å². The molecule has 0 aromatic carbocycles. The number of nitrogens with zero attached hydrogens (tertiary/aromatic N) is 2. The Bertz CT molecular complexity index is 311. The molecule has 84 valence electrons. The van der Waals surface area contributed by atoms with Gasteiger partial charge in [0, 0.05) is 6.04 Å². The molecule has 1 aromatic heterocycles. The second kappa shape index (κ2) is 4.75. The lowest BCUT2D eigenvalue weighted by Crippen LogP contribution is -2.31.